The van der Waals surface area contributed by atoms with Crippen molar-refractivity contribution in [3.05, 3.63) is 35.4 Å². The summed E-state index contributed by atoms with van der Waals surface area (Å²) in [5.41, 5.74) is 1.46. The number of benzene rings is 1. The molecule has 0 aromatic heterocycles. The third-order valence-electron chi connectivity index (χ3n) is 1.81. The lowest BCUT2D eigenvalue weighted by Crippen LogP contribution is -2.05. The van der Waals surface area contributed by atoms with Crippen LogP contribution in [0, 0.1) is 11.8 Å². The van der Waals surface area contributed by atoms with Gasteiger partial charge in [0.1, 0.15) is 0 Å². The topological polar surface area (TPSA) is 29.1 Å². The highest BCUT2D eigenvalue weighted by Crippen LogP contribution is 2.03. The Labute approximate surface area is 84.3 Å². The normalized spacial score (nSPS) is 8.93. The smallest absolute Gasteiger partial charge is 0.151 e. The fourth-order valence-corrected chi connectivity index (χ4v) is 1.06. The standard InChI is InChI=1S/C12H13NO/c1-13-9-5-4-7-11-6-2-3-8-12(11)10-14/h2-3,6,8,10,13H,5,9H2,1H3. The Kier molecular flexibility index (Phi) is 4.46. The van der Waals surface area contributed by atoms with E-state index in [-0.39, 0.29) is 0 Å². The van der Waals surface area contributed by atoms with Crippen LogP contribution in [0.5, 0.6) is 0 Å². The fraction of sp³-hybridized carbons (Fsp3) is 0.250. The third kappa shape index (κ3) is 3.04. The van der Waals surface area contributed by atoms with E-state index in [4.69, 9.17) is 0 Å². The van der Waals surface area contributed by atoms with Crippen LogP contribution in [0.2, 0.25) is 0 Å². The highest BCUT2D eigenvalue weighted by atomic mass is 16.1. The molecule has 1 rings (SSSR count). The quantitative estimate of drug-likeness (QED) is 0.441. The number of hydrogen-bond acceptors (Lipinski definition) is 2. The minimum atomic E-state index is 0.657. The van der Waals surface area contributed by atoms with Crippen LogP contribution in [-0.2, 0) is 0 Å². The van der Waals surface area contributed by atoms with Gasteiger partial charge in [-0.1, -0.05) is 30.0 Å². The Bertz CT molecular complexity index is 360. The number of nitrogens with one attached hydrogen (secondary N) is 1. The molecular weight excluding hydrogens is 174 g/mol. The summed E-state index contributed by atoms with van der Waals surface area (Å²) in [6.45, 7) is 0.871. The van der Waals surface area contributed by atoms with Crippen LogP contribution < -0.4 is 5.32 Å². The van der Waals surface area contributed by atoms with Gasteiger partial charge in [0.15, 0.2) is 6.29 Å². The van der Waals surface area contributed by atoms with Crippen LogP contribution in [0.25, 0.3) is 0 Å². The van der Waals surface area contributed by atoms with E-state index in [1.54, 1.807) is 6.07 Å². The molecular formula is C12H13NO. The summed E-state index contributed by atoms with van der Waals surface area (Å²) in [5.74, 6) is 5.98. The van der Waals surface area contributed by atoms with Crippen molar-refractivity contribution in [1.82, 2.24) is 5.32 Å². The molecule has 0 unspecified atom stereocenters. The number of carbonyl (C=O) groups is 1. The highest BCUT2D eigenvalue weighted by molar-refractivity contribution is 5.79. The Morgan fingerprint density at radius 3 is 2.93 bits per heavy atom. The maximum Gasteiger partial charge on any atom is 0.151 e. The molecule has 0 atom stereocenters. The van der Waals surface area contributed by atoms with Crippen LogP contribution >= 0.6 is 0 Å². The molecule has 0 amide bonds. The lowest BCUT2D eigenvalue weighted by Gasteiger charge is -1.94. The fourth-order valence-electron chi connectivity index (χ4n) is 1.06. The minimum absolute atomic E-state index is 0.657. The molecule has 0 radical (unpaired) electrons. The molecule has 0 fully saturated rings. The molecule has 72 valence electrons. The molecule has 0 spiro atoms. The van der Waals surface area contributed by atoms with E-state index in [0.717, 1.165) is 24.8 Å². The van der Waals surface area contributed by atoms with Gasteiger partial charge in [-0.2, -0.15) is 0 Å². The maximum absolute atomic E-state index is 10.6. The van der Waals surface area contributed by atoms with E-state index in [0.29, 0.717) is 5.56 Å². The average Bonchev–Trinajstić information content (AvgIpc) is 2.25. The van der Waals surface area contributed by atoms with Crippen molar-refractivity contribution in [2.24, 2.45) is 0 Å². The predicted molar refractivity (Wildman–Crippen MR) is 57.3 cm³/mol. The number of rotatable bonds is 3. The van der Waals surface area contributed by atoms with Gasteiger partial charge in [0, 0.05) is 24.1 Å². The van der Waals surface area contributed by atoms with E-state index in [1.807, 2.05) is 25.2 Å². The highest BCUT2D eigenvalue weighted by Gasteiger charge is 1.94. The van der Waals surface area contributed by atoms with Gasteiger partial charge in [-0.05, 0) is 13.1 Å². The molecule has 1 N–H and O–H groups in total. The summed E-state index contributed by atoms with van der Waals surface area (Å²) >= 11 is 0. The molecule has 0 aliphatic carbocycles. The van der Waals surface area contributed by atoms with Gasteiger partial charge in [-0.15, -0.1) is 0 Å². The Morgan fingerprint density at radius 1 is 1.43 bits per heavy atom. The van der Waals surface area contributed by atoms with Gasteiger partial charge in [-0.25, -0.2) is 0 Å². The molecule has 2 nitrogen and oxygen atoms in total. The van der Waals surface area contributed by atoms with Gasteiger partial charge in [0.05, 0.1) is 0 Å². The van der Waals surface area contributed by atoms with E-state index in [9.17, 15) is 4.79 Å². The van der Waals surface area contributed by atoms with Gasteiger partial charge in [0.2, 0.25) is 0 Å². The van der Waals surface area contributed by atoms with Crippen molar-refractivity contribution >= 4 is 6.29 Å². The second kappa shape index (κ2) is 5.95. The number of hydrogen-bond donors (Lipinski definition) is 1. The second-order valence-corrected chi connectivity index (χ2v) is 2.86. The van der Waals surface area contributed by atoms with Crippen LogP contribution in [0.15, 0.2) is 24.3 Å². The lowest BCUT2D eigenvalue weighted by atomic mass is 10.1. The summed E-state index contributed by atoms with van der Waals surface area (Å²) < 4.78 is 0. The zero-order chi connectivity index (χ0) is 10.2. The van der Waals surface area contributed by atoms with Crippen molar-refractivity contribution in [2.45, 2.75) is 6.42 Å². The third-order valence-corrected chi connectivity index (χ3v) is 1.81. The van der Waals surface area contributed by atoms with Crippen molar-refractivity contribution in [3.63, 3.8) is 0 Å². The van der Waals surface area contributed by atoms with E-state index in [1.165, 1.54) is 0 Å². The summed E-state index contributed by atoms with van der Waals surface area (Å²) in [7, 11) is 1.89. The van der Waals surface area contributed by atoms with Crippen molar-refractivity contribution in [2.75, 3.05) is 13.6 Å². The Morgan fingerprint density at radius 2 is 2.21 bits per heavy atom. The molecule has 0 saturated carbocycles. The molecule has 14 heavy (non-hydrogen) atoms. The molecule has 0 heterocycles. The first-order valence-corrected chi connectivity index (χ1v) is 4.56. The van der Waals surface area contributed by atoms with E-state index in [2.05, 4.69) is 17.2 Å². The van der Waals surface area contributed by atoms with Crippen molar-refractivity contribution in [1.29, 1.82) is 0 Å². The zero-order valence-corrected chi connectivity index (χ0v) is 8.21. The molecule has 0 saturated heterocycles. The summed E-state index contributed by atoms with van der Waals surface area (Å²) in [6, 6.07) is 7.35. The summed E-state index contributed by atoms with van der Waals surface area (Å²) in [6.07, 6.45) is 1.63. The van der Waals surface area contributed by atoms with Crippen LogP contribution in [-0.4, -0.2) is 19.9 Å². The first-order chi connectivity index (χ1) is 6.88. The molecule has 2 heteroatoms. The van der Waals surface area contributed by atoms with E-state index >= 15 is 0 Å². The molecule has 1 aromatic carbocycles. The van der Waals surface area contributed by atoms with Crippen molar-refractivity contribution < 1.29 is 4.79 Å². The van der Waals surface area contributed by atoms with E-state index < -0.39 is 0 Å². The van der Waals surface area contributed by atoms with Crippen LogP contribution in [0.1, 0.15) is 22.3 Å². The monoisotopic (exact) mass is 187 g/mol. The second-order valence-electron chi connectivity index (χ2n) is 2.86. The minimum Gasteiger partial charge on any atom is -0.319 e. The van der Waals surface area contributed by atoms with Gasteiger partial charge < -0.3 is 5.32 Å². The van der Waals surface area contributed by atoms with Gasteiger partial charge in [-0.3, -0.25) is 4.79 Å². The van der Waals surface area contributed by atoms with Crippen molar-refractivity contribution in [3.8, 4) is 11.8 Å². The maximum atomic E-state index is 10.6. The lowest BCUT2D eigenvalue weighted by molar-refractivity contribution is 0.112. The molecule has 1 aromatic rings. The molecule has 0 aliphatic heterocycles. The predicted octanol–water partition coefficient (Wildman–Crippen LogP) is 1.46. The molecule has 0 aliphatic rings. The summed E-state index contributed by atoms with van der Waals surface area (Å²) in [4.78, 5) is 10.6. The largest absolute Gasteiger partial charge is 0.319 e. The van der Waals surface area contributed by atoms with Gasteiger partial charge in [0.25, 0.3) is 0 Å². The Hall–Kier alpha value is -1.59. The SMILES string of the molecule is CNCCC#Cc1ccccc1C=O. The first kappa shape index (κ1) is 10.5. The van der Waals surface area contributed by atoms with Gasteiger partial charge >= 0.3 is 0 Å². The van der Waals surface area contributed by atoms with Crippen LogP contribution in [0.4, 0.5) is 0 Å². The average molecular weight is 187 g/mol. The number of aldehydes is 1. The van der Waals surface area contributed by atoms with Crippen LogP contribution in [0.3, 0.4) is 0 Å². The Balaban J connectivity index is 2.73. The zero-order valence-electron chi connectivity index (χ0n) is 8.21. The summed E-state index contributed by atoms with van der Waals surface area (Å²) in [5, 5.41) is 3.01. The molecule has 0 bridgehead atoms. The number of carbonyl (C=O) groups excluding carboxylic acids is 1. The first-order valence-electron chi connectivity index (χ1n) is 4.56.